The maximum Gasteiger partial charge on any atom is 0.228 e. The van der Waals surface area contributed by atoms with Crippen LogP contribution in [0.3, 0.4) is 0 Å². The molecule has 3 fully saturated rings. The summed E-state index contributed by atoms with van der Waals surface area (Å²) in [6.07, 6.45) is 11.7. The molecule has 0 bridgehead atoms. The van der Waals surface area contributed by atoms with E-state index in [2.05, 4.69) is 76.6 Å². The number of para-hydroxylation sites is 1. The Labute approximate surface area is 341 Å². The zero-order valence-corrected chi connectivity index (χ0v) is 35.4. The predicted molar refractivity (Wildman–Crippen MR) is 214 cm³/mol. The summed E-state index contributed by atoms with van der Waals surface area (Å²) in [5.74, 6) is 0.193. The fraction of sp³-hybridized carbons (Fsp3) is 0.487. The number of hydrogen-bond donors (Lipinski definition) is 3. The molecule has 4 N–H and O–H groups in total. The average molecular weight is 913 g/mol. The molecule has 2 aliphatic carbocycles. The zero-order valence-electron chi connectivity index (χ0n) is 32.4. The number of fused-ring (bicyclic) bond motifs is 3. The van der Waals surface area contributed by atoms with E-state index in [0.29, 0.717) is 30.8 Å². The molecule has 2 aromatic heterocycles. The maximum absolute atomic E-state index is 12.4. The molecule has 4 aliphatic rings. The predicted octanol–water partition coefficient (Wildman–Crippen LogP) is 4.67. The van der Waals surface area contributed by atoms with E-state index in [9.17, 15) is 9.59 Å². The number of hydroxylamine groups is 1. The van der Waals surface area contributed by atoms with Gasteiger partial charge in [0, 0.05) is 70.0 Å². The number of likely N-dealkylation sites (tertiary alicyclic amines) is 1. The number of nitrogens with zero attached hydrogens (tertiary/aromatic N) is 7. The molecule has 4 radical (unpaired) electrons. The molecule has 288 valence electrons. The van der Waals surface area contributed by atoms with Gasteiger partial charge in [0.25, 0.3) is 0 Å². The van der Waals surface area contributed by atoms with Gasteiger partial charge < -0.3 is 41.4 Å². The van der Waals surface area contributed by atoms with Crippen LogP contribution in [0, 0.1) is 5.92 Å². The van der Waals surface area contributed by atoms with Crippen molar-refractivity contribution in [1.82, 2.24) is 29.9 Å². The number of nitrogens with one attached hydrogen (secondary N) is 2. The molecule has 1 unspecified atom stereocenters. The third-order valence-electron chi connectivity index (χ3n) is 10.1. The standard InChI is InChI=1S/C34H38B2N9O3.C5H13N.W/c1-3-28-32-26(15-38-45(32)24-16-44(17-24)34(35,36)29-9-4-6-22(18-46)40-29)25-7-5-8-27(31(25)43(28)2)39-23(19-48-42-21-12-13-21)14-30(37)41-33(47)20-10-11-20;1-4-5-6(2)3;/h4-9,14-15,18-21,24,28,39H,3,10-13,16-17,37H2,1-2H3,(H,41,47);4-5H2,1-3H3;/q-1;;/b23-19-,30-14+;;. The van der Waals surface area contributed by atoms with Gasteiger partial charge in [-0.1, -0.05) is 44.9 Å². The van der Waals surface area contributed by atoms with Gasteiger partial charge in [0.15, 0.2) is 6.29 Å². The summed E-state index contributed by atoms with van der Waals surface area (Å²) >= 11 is 0. The Balaban J connectivity index is 0.000000769. The minimum atomic E-state index is -1.32. The number of pyridine rings is 1. The van der Waals surface area contributed by atoms with Crippen molar-refractivity contribution in [3.05, 3.63) is 89.0 Å². The number of benzene rings is 1. The first kappa shape index (κ1) is 42.2. The number of hydrogen-bond acceptors (Lipinski definition) is 10. The summed E-state index contributed by atoms with van der Waals surface area (Å²) in [6.45, 7) is 6.71. The van der Waals surface area contributed by atoms with Gasteiger partial charge in [0.2, 0.25) is 5.91 Å². The molecule has 2 aliphatic heterocycles. The van der Waals surface area contributed by atoms with E-state index in [4.69, 9.17) is 31.4 Å². The van der Waals surface area contributed by atoms with Gasteiger partial charge in [0.05, 0.1) is 63.0 Å². The van der Waals surface area contributed by atoms with Crippen LogP contribution in [0.4, 0.5) is 11.4 Å². The van der Waals surface area contributed by atoms with Crippen LogP contribution in [-0.4, -0.2) is 99.3 Å². The van der Waals surface area contributed by atoms with E-state index in [1.165, 1.54) is 19.2 Å². The second-order valence-corrected chi connectivity index (χ2v) is 14.9. The fourth-order valence-corrected chi connectivity index (χ4v) is 6.91. The molecule has 55 heavy (non-hydrogen) atoms. The molecule has 16 heteroatoms. The second-order valence-electron chi connectivity index (χ2n) is 14.9. The third-order valence-corrected chi connectivity index (χ3v) is 10.1. The molecule has 13 nitrogen and oxygen atoms in total. The molecule has 1 saturated heterocycles. The van der Waals surface area contributed by atoms with Gasteiger partial charge in [-0.05, 0) is 69.9 Å². The number of allylic oxidation sites excluding steroid dienone is 1. The second kappa shape index (κ2) is 18.4. The Hall–Kier alpha value is -3.90. The maximum atomic E-state index is 12.4. The van der Waals surface area contributed by atoms with Crippen molar-refractivity contribution in [2.24, 2.45) is 11.7 Å². The average Bonchev–Trinajstić information content (AvgIpc) is 4.06. The molecule has 1 amide bonds. The monoisotopic (exact) mass is 913 g/mol. The van der Waals surface area contributed by atoms with E-state index in [-0.39, 0.29) is 62.5 Å². The topological polar surface area (TPSA) is 148 Å². The van der Waals surface area contributed by atoms with E-state index < -0.39 is 5.34 Å². The zero-order chi connectivity index (χ0) is 38.6. The Morgan fingerprint density at radius 2 is 1.84 bits per heavy atom. The van der Waals surface area contributed by atoms with Gasteiger partial charge >= 0.3 is 0 Å². The van der Waals surface area contributed by atoms with Crippen LogP contribution < -0.4 is 21.3 Å². The Morgan fingerprint density at radius 3 is 2.45 bits per heavy atom. The number of carbonyl (C=O) groups excluding carboxylic acids is 2. The van der Waals surface area contributed by atoms with Gasteiger partial charge in [-0.15, -0.1) is 6.04 Å². The van der Waals surface area contributed by atoms with E-state index in [0.717, 1.165) is 60.3 Å². The number of aldehydes is 1. The molecule has 0 spiro atoms. The van der Waals surface area contributed by atoms with Crippen LogP contribution >= 0.6 is 0 Å². The summed E-state index contributed by atoms with van der Waals surface area (Å²) < 4.78 is 2.11. The van der Waals surface area contributed by atoms with Crippen LogP contribution in [0.5, 0.6) is 0 Å². The van der Waals surface area contributed by atoms with Crippen LogP contribution in [0.2, 0.25) is 0 Å². The SMILES string of the molecule is CCCN(C)C.[B]C([B])(c1cccc(C=O)n1)N1CC(n2ncc3c2C(CC)N(C)c2c(NC(=C\O[N-]C4CC4)/C=C(\N)NC(=O)C4CC4)cccc2-3)C1.[W]. The number of aromatic nitrogens is 3. The molecule has 2 saturated carbocycles. The Kier molecular flexibility index (Phi) is 14.1. The Bertz CT molecular complexity index is 1870. The first-order valence-corrected chi connectivity index (χ1v) is 18.9. The molecule has 1 aromatic carbocycles. The van der Waals surface area contributed by atoms with E-state index in [1.54, 1.807) is 24.3 Å². The molecule has 7 rings (SSSR count). The molecular weight excluding hydrogens is 862 g/mol. The number of carbonyl (C=O) groups is 2. The van der Waals surface area contributed by atoms with Gasteiger partial charge in [0.1, 0.15) is 11.5 Å². The van der Waals surface area contributed by atoms with Crippen molar-refractivity contribution in [3.8, 4) is 11.1 Å². The first-order valence-electron chi connectivity index (χ1n) is 18.9. The summed E-state index contributed by atoms with van der Waals surface area (Å²) in [6, 6.07) is 11.5. The van der Waals surface area contributed by atoms with Crippen molar-refractivity contribution in [2.75, 3.05) is 51.0 Å². The number of rotatable bonds is 15. The number of nitrogens with two attached hydrogens (primary N) is 1. The van der Waals surface area contributed by atoms with Crippen molar-refractivity contribution >= 4 is 39.3 Å². The van der Waals surface area contributed by atoms with E-state index in [1.807, 2.05) is 23.2 Å². The smallest absolute Gasteiger partial charge is 0.228 e. The normalized spacial score (nSPS) is 18.6. The van der Waals surface area contributed by atoms with Crippen molar-refractivity contribution in [3.63, 3.8) is 0 Å². The number of anilines is 2. The summed E-state index contributed by atoms with van der Waals surface area (Å²) in [7, 11) is 19.4. The molecular formula is C39H51B2N10O3W-. The minimum Gasteiger partial charge on any atom is -0.591 e. The van der Waals surface area contributed by atoms with Crippen molar-refractivity contribution in [2.45, 2.75) is 75.8 Å². The van der Waals surface area contributed by atoms with Gasteiger partial charge in [-0.3, -0.25) is 14.3 Å². The summed E-state index contributed by atoms with van der Waals surface area (Å²) in [5, 5.41) is 9.86. The Morgan fingerprint density at radius 1 is 1.11 bits per heavy atom. The largest absolute Gasteiger partial charge is 0.591 e. The van der Waals surface area contributed by atoms with Crippen LogP contribution in [0.15, 0.2) is 66.5 Å². The quantitative estimate of drug-likeness (QED) is 0.0647. The van der Waals surface area contributed by atoms with Crippen molar-refractivity contribution in [1.29, 1.82) is 0 Å². The van der Waals surface area contributed by atoms with Gasteiger partial charge in [-0.2, -0.15) is 5.10 Å². The van der Waals surface area contributed by atoms with Gasteiger partial charge in [-0.25, -0.2) is 4.98 Å². The van der Waals surface area contributed by atoms with Crippen LogP contribution in [-0.2, 0) is 36.0 Å². The minimum absolute atomic E-state index is 0. The van der Waals surface area contributed by atoms with Crippen molar-refractivity contribution < 1.29 is 35.5 Å². The van der Waals surface area contributed by atoms with Crippen LogP contribution in [0.1, 0.15) is 86.3 Å². The third kappa shape index (κ3) is 9.92. The summed E-state index contributed by atoms with van der Waals surface area (Å²) in [4.78, 5) is 39.9. The van der Waals surface area contributed by atoms with Crippen LogP contribution in [0.25, 0.3) is 16.6 Å². The molecule has 1 atom stereocenters. The molecule has 4 heterocycles. The first-order chi connectivity index (χ1) is 25.9. The number of amides is 1. The summed E-state index contributed by atoms with van der Waals surface area (Å²) in [5.41, 5.74) is 16.8. The van der Waals surface area contributed by atoms with E-state index >= 15 is 0 Å². The fourth-order valence-electron chi connectivity index (χ4n) is 6.91. The molecule has 3 aromatic rings.